The zero-order valence-electron chi connectivity index (χ0n) is 20.2. The lowest BCUT2D eigenvalue weighted by Crippen LogP contribution is -2.53. The van der Waals surface area contributed by atoms with Crippen LogP contribution in [-0.2, 0) is 19.7 Å². The highest BCUT2D eigenvalue weighted by Crippen LogP contribution is 2.29. The van der Waals surface area contributed by atoms with E-state index in [0.717, 1.165) is 20.8 Å². The number of aliphatic hydroxyl groups is 1. The van der Waals surface area contributed by atoms with Gasteiger partial charge in [0.25, 0.3) is 5.91 Å². The maximum atomic E-state index is 13.3. The zero-order valence-corrected chi connectivity index (χ0v) is 22.6. The van der Waals surface area contributed by atoms with Gasteiger partial charge in [-0.15, -0.1) is 0 Å². The van der Waals surface area contributed by atoms with Crippen LogP contribution in [0, 0.1) is 5.41 Å². The van der Waals surface area contributed by atoms with Crippen molar-refractivity contribution < 1.29 is 24.2 Å². The van der Waals surface area contributed by atoms with Gasteiger partial charge in [0.1, 0.15) is 5.60 Å². The molecule has 0 heterocycles. The van der Waals surface area contributed by atoms with Crippen LogP contribution in [0.2, 0.25) is 0 Å². The molecule has 0 aliphatic heterocycles. The van der Waals surface area contributed by atoms with Gasteiger partial charge in [0.15, 0.2) is 0 Å². The van der Waals surface area contributed by atoms with E-state index < -0.39 is 17.1 Å². The lowest BCUT2D eigenvalue weighted by Gasteiger charge is -2.33. The summed E-state index contributed by atoms with van der Waals surface area (Å²) >= 11 is 5.13. The van der Waals surface area contributed by atoms with Gasteiger partial charge in [0.2, 0.25) is 0 Å². The molecule has 0 spiro atoms. The number of halogens is 1. The Morgan fingerprint density at radius 3 is 2.38 bits per heavy atom. The van der Waals surface area contributed by atoms with Gasteiger partial charge in [-0.05, 0) is 50.8 Å². The Labute approximate surface area is 204 Å². The minimum absolute atomic E-state index is 0.123. The molecular weight excluding hydrogens is 496 g/mol. The first-order valence-corrected chi connectivity index (χ1v) is 12.5. The maximum absolute atomic E-state index is 13.3. The number of aliphatic hydroxyl groups excluding tert-OH is 1. The number of carbonyl (C=O) groups is 2. The van der Waals surface area contributed by atoms with Crippen LogP contribution in [0.1, 0.15) is 47.1 Å². The van der Waals surface area contributed by atoms with Crippen molar-refractivity contribution in [1.29, 1.82) is 0 Å². The summed E-state index contributed by atoms with van der Waals surface area (Å²) in [4.78, 5) is 25.6. The molecule has 7 nitrogen and oxygen atoms in total. The van der Waals surface area contributed by atoms with Crippen LogP contribution in [0.5, 0.6) is 0 Å². The molecule has 0 saturated heterocycles. The van der Waals surface area contributed by atoms with E-state index >= 15 is 0 Å². The molecule has 1 aromatic carbocycles. The van der Waals surface area contributed by atoms with E-state index in [1.165, 1.54) is 7.05 Å². The molecule has 1 rings (SSSR count). The Morgan fingerprint density at radius 2 is 1.81 bits per heavy atom. The summed E-state index contributed by atoms with van der Waals surface area (Å²) in [7, 11) is 1.45. The number of hydrazine groups is 1. The van der Waals surface area contributed by atoms with Crippen molar-refractivity contribution in [2.45, 2.75) is 52.6 Å². The fourth-order valence-electron chi connectivity index (χ4n) is 2.75. The van der Waals surface area contributed by atoms with Crippen LogP contribution < -0.4 is 5.43 Å². The summed E-state index contributed by atoms with van der Waals surface area (Å²) in [5.74, 6) is 1.13. The summed E-state index contributed by atoms with van der Waals surface area (Å²) < 4.78 is 12.2. The lowest BCUT2D eigenvalue weighted by molar-refractivity contribution is -0.133. The van der Waals surface area contributed by atoms with E-state index in [-0.39, 0.29) is 24.5 Å². The minimum atomic E-state index is -1.05. The Morgan fingerprint density at radius 1 is 1.16 bits per heavy atom. The molecule has 32 heavy (non-hydrogen) atoms. The minimum Gasteiger partial charge on any atom is -0.442 e. The topological polar surface area (TPSA) is 88.1 Å². The molecule has 182 valence electrons. The number of ether oxygens (including phenoxy) is 2. The second-order valence-electron chi connectivity index (χ2n) is 9.76. The monoisotopic (exact) mass is 532 g/mol. The van der Waals surface area contributed by atoms with Gasteiger partial charge in [-0.1, -0.05) is 41.9 Å². The van der Waals surface area contributed by atoms with Crippen molar-refractivity contribution in [2.75, 3.05) is 38.4 Å². The highest BCUT2D eigenvalue weighted by molar-refractivity contribution is 9.10. The van der Waals surface area contributed by atoms with Gasteiger partial charge < -0.3 is 14.6 Å². The zero-order chi connectivity index (χ0) is 24.6. The summed E-state index contributed by atoms with van der Waals surface area (Å²) in [6.45, 7) is 12.0. The Balaban J connectivity index is 2.97. The molecule has 1 atom stereocenters. The molecule has 9 heteroatoms. The van der Waals surface area contributed by atoms with Gasteiger partial charge in [0, 0.05) is 23.0 Å². The number of thioether (sulfide) groups is 1. The molecule has 0 radical (unpaired) electrons. The second-order valence-corrected chi connectivity index (χ2v) is 11.8. The standard InChI is InChI=1S/C23H37BrN2O5S/c1-21(2,3)31-20(29)26(7)25-19(28)23(6,17-9-8-10-18(24)13-17)15-30-14-22(4,5)16-32-12-11-27/h8-10,13,27H,11-12,14-16H2,1-7H3,(H,25,28). The largest absolute Gasteiger partial charge is 0.442 e. The van der Waals surface area contributed by atoms with Crippen LogP contribution in [-0.4, -0.2) is 66.1 Å². The number of rotatable bonds is 10. The number of amides is 2. The average molecular weight is 534 g/mol. The lowest BCUT2D eigenvalue weighted by atomic mass is 9.82. The van der Waals surface area contributed by atoms with Crippen LogP contribution >= 0.6 is 27.7 Å². The predicted molar refractivity (Wildman–Crippen MR) is 133 cm³/mol. The van der Waals surface area contributed by atoms with Gasteiger partial charge >= 0.3 is 6.09 Å². The maximum Gasteiger partial charge on any atom is 0.428 e. The summed E-state index contributed by atoms with van der Waals surface area (Å²) in [6, 6.07) is 7.48. The molecular formula is C23H37BrN2O5S. The Bertz CT molecular complexity index is 769. The normalized spacial score (nSPS) is 13.9. The first-order chi connectivity index (χ1) is 14.7. The molecule has 1 aromatic rings. The molecule has 0 fully saturated rings. The highest BCUT2D eigenvalue weighted by atomic mass is 79.9. The predicted octanol–water partition coefficient (Wildman–Crippen LogP) is 4.37. The third-order valence-corrected chi connectivity index (χ3v) is 6.46. The van der Waals surface area contributed by atoms with E-state index in [9.17, 15) is 9.59 Å². The van der Waals surface area contributed by atoms with E-state index in [1.54, 1.807) is 39.5 Å². The Kier molecular flexibility index (Phi) is 11.0. The third kappa shape index (κ3) is 9.68. The van der Waals surface area contributed by atoms with Crippen molar-refractivity contribution in [3.8, 4) is 0 Å². The first kappa shape index (κ1) is 28.7. The van der Waals surface area contributed by atoms with Crippen molar-refractivity contribution >= 4 is 39.7 Å². The summed E-state index contributed by atoms with van der Waals surface area (Å²) in [5, 5.41) is 10.0. The van der Waals surface area contributed by atoms with E-state index in [4.69, 9.17) is 14.6 Å². The highest BCUT2D eigenvalue weighted by Gasteiger charge is 2.38. The van der Waals surface area contributed by atoms with Gasteiger partial charge in [-0.25, -0.2) is 9.80 Å². The van der Waals surface area contributed by atoms with Gasteiger partial charge in [-0.2, -0.15) is 11.8 Å². The molecule has 0 saturated carbocycles. The molecule has 2 amide bonds. The van der Waals surface area contributed by atoms with Crippen LogP contribution in [0.15, 0.2) is 28.7 Å². The number of hydrogen-bond acceptors (Lipinski definition) is 6. The third-order valence-electron chi connectivity index (χ3n) is 4.51. The second kappa shape index (κ2) is 12.3. The number of carbonyl (C=O) groups excluding carboxylic acids is 2. The van der Waals surface area contributed by atoms with E-state index in [2.05, 4.69) is 35.2 Å². The summed E-state index contributed by atoms with van der Waals surface area (Å²) in [5.41, 5.74) is 1.56. The van der Waals surface area contributed by atoms with Crippen molar-refractivity contribution in [3.05, 3.63) is 34.3 Å². The molecule has 0 aliphatic carbocycles. The fraction of sp³-hybridized carbons (Fsp3) is 0.652. The number of nitrogens with one attached hydrogen (secondary N) is 1. The number of nitrogens with zero attached hydrogens (tertiary/aromatic N) is 1. The van der Waals surface area contributed by atoms with E-state index in [0.29, 0.717) is 12.4 Å². The van der Waals surface area contributed by atoms with Crippen molar-refractivity contribution in [1.82, 2.24) is 10.4 Å². The van der Waals surface area contributed by atoms with Crippen molar-refractivity contribution in [2.24, 2.45) is 5.41 Å². The average Bonchev–Trinajstić information content (AvgIpc) is 2.66. The Hall–Kier alpha value is -1.29. The van der Waals surface area contributed by atoms with Gasteiger partial charge in [0.05, 0.1) is 25.2 Å². The fourth-order valence-corrected chi connectivity index (χ4v) is 4.06. The SMILES string of the molecule is CN(NC(=O)C(C)(COCC(C)(C)CSCCO)c1cccc(Br)c1)C(=O)OC(C)(C)C. The molecule has 0 bridgehead atoms. The van der Waals surface area contributed by atoms with Gasteiger partial charge in [-0.3, -0.25) is 10.2 Å². The number of hydrogen-bond donors (Lipinski definition) is 2. The quantitative estimate of drug-likeness (QED) is 0.343. The molecule has 2 N–H and O–H groups in total. The molecule has 1 unspecified atom stereocenters. The number of benzene rings is 1. The smallest absolute Gasteiger partial charge is 0.428 e. The van der Waals surface area contributed by atoms with Crippen LogP contribution in [0.25, 0.3) is 0 Å². The summed E-state index contributed by atoms with van der Waals surface area (Å²) in [6.07, 6.45) is -0.648. The van der Waals surface area contributed by atoms with E-state index in [1.807, 2.05) is 24.3 Å². The van der Waals surface area contributed by atoms with Crippen molar-refractivity contribution in [3.63, 3.8) is 0 Å². The van der Waals surface area contributed by atoms with Crippen LogP contribution in [0.3, 0.4) is 0 Å². The molecule has 0 aliphatic rings. The van der Waals surface area contributed by atoms with Crippen LogP contribution in [0.4, 0.5) is 4.79 Å². The molecule has 0 aromatic heterocycles. The first-order valence-electron chi connectivity index (χ1n) is 10.5.